The summed E-state index contributed by atoms with van der Waals surface area (Å²) < 4.78 is 27.7. The summed E-state index contributed by atoms with van der Waals surface area (Å²) in [7, 11) is 0. The van der Waals surface area contributed by atoms with Gasteiger partial charge in [-0.3, -0.25) is 0 Å². The van der Waals surface area contributed by atoms with Gasteiger partial charge in [0, 0.05) is 21.9 Å². The number of anilines is 2. The largest absolute Gasteiger partial charge is 0.353 e. The van der Waals surface area contributed by atoms with Gasteiger partial charge in [0.25, 0.3) is 0 Å². The molecule has 0 aliphatic heterocycles. The normalized spacial score (nSPS) is 10.4. The smallest absolute Gasteiger partial charge is 0.147 e. The molecular formula is C13H10F2IN2. The van der Waals surface area contributed by atoms with Crippen molar-refractivity contribution in [3.05, 3.63) is 57.2 Å². The molecule has 0 spiro atoms. The third-order valence-electron chi connectivity index (χ3n) is 2.31. The average Bonchev–Trinajstić information content (AvgIpc) is 2.32. The molecule has 93 valence electrons. The summed E-state index contributed by atoms with van der Waals surface area (Å²) in [6.45, 7) is 0.182. The van der Waals surface area contributed by atoms with Crippen molar-refractivity contribution in [2.45, 2.75) is 6.54 Å². The van der Waals surface area contributed by atoms with Gasteiger partial charge in [-0.2, -0.15) is 0 Å². The fourth-order valence-electron chi connectivity index (χ4n) is 1.50. The maximum atomic E-state index is 13.6. The Bertz CT molecular complexity index is 573. The molecule has 0 bridgehead atoms. The molecule has 3 N–H and O–H groups in total. The topological polar surface area (TPSA) is 38.0 Å². The molecule has 0 heterocycles. The van der Waals surface area contributed by atoms with Crippen molar-refractivity contribution in [3.8, 4) is 0 Å². The van der Waals surface area contributed by atoms with Crippen molar-refractivity contribution in [1.82, 2.24) is 0 Å². The molecule has 2 aromatic rings. The van der Waals surface area contributed by atoms with E-state index in [0.717, 1.165) is 3.57 Å². The van der Waals surface area contributed by atoms with E-state index in [4.69, 9.17) is 5.73 Å². The van der Waals surface area contributed by atoms with Crippen LogP contribution in [0.25, 0.3) is 0 Å². The van der Waals surface area contributed by atoms with Gasteiger partial charge in [0.2, 0.25) is 0 Å². The summed E-state index contributed by atoms with van der Waals surface area (Å²) in [5.41, 5.74) is 6.60. The minimum Gasteiger partial charge on any atom is -0.353 e. The highest BCUT2D eigenvalue weighted by Crippen LogP contribution is 2.22. The quantitative estimate of drug-likeness (QED) is 0.823. The minimum atomic E-state index is -0.428. The van der Waals surface area contributed by atoms with Gasteiger partial charge in [0.15, 0.2) is 0 Å². The average molecular weight is 359 g/mol. The van der Waals surface area contributed by atoms with Crippen LogP contribution in [0.1, 0.15) is 5.56 Å². The van der Waals surface area contributed by atoms with E-state index in [0.29, 0.717) is 11.3 Å². The Labute approximate surface area is 117 Å². The highest BCUT2D eigenvalue weighted by Gasteiger charge is 2.05. The second-order valence-electron chi connectivity index (χ2n) is 3.69. The molecule has 0 unspecified atom stereocenters. The Hall–Kier alpha value is -1.21. The first kappa shape index (κ1) is 13.2. The van der Waals surface area contributed by atoms with Crippen molar-refractivity contribution in [2.24, 2.45) is 5.73 Å². The Morgan fingerprint density at radius 1 is 1.22 bits per heavy atom. The predicted molar refractivity (Wildman–Crippen MR) is 75.5 cm³/mol. The third-order valence-corrected chi connectivity index (χ3v) is 2.98. The lowest BCUT2D eigenvalue weighted by atomic mass is 10.2. The standard InChI is InChI=1S/C13H10F2IN2/c14-9-3-8(7-17)4-11(5-9)18-13-2-1-10(16)6-12(13)15/h1-3,5-6,18H,7,17H2. The maximum absolute atomic E-state index is 13.6. The molecule has 0 atom stereocenters. The molecule has 1 radical (unpaired) electrons. The van der Waals surface area contributed by atoms with E-state index in [1.54, 1.807) is 12.1 Å². The van der Waals surface area contributed by atoms with E-state index < -0.39 is 11.6 Å². The van der Waals surface area contributed by atoms with Crippen LogP contribution in [0.2, 0.25) is 0 Å². The SMILES string of the molecule is NCc1[c]c(Nc2ccc(I)cc2F)cc(F)c1. The molecule has 2 aromatic carbocycles. The van der Waals surface area contributed by atoms with E-state index in [-0.39, 0.29) is 12.2 Å². The molecule has 2 rings (SSSR count). The zero-order valence-electron chi connectivity index (χ0n) is 9.31. The van der Waals surface area contributed by atoms with Crippen molar-refractivity contribution in [2.75, 3.05) is 5.32 Å². The van der Waals surface area contributed by atoms with Gasteiger partial charge in [0.1, 0.15) is 11.6 Å². The van der Waals surface area contributed by atoms with Gasteiger partial charge in [-0.05, 0) is 58.5 Å². The Morgan fingerprint density at radius 2 is 2.00 bits per heavy atom. The lowest BCUT2D eigenvalue weighted by molar-refractivity contribution is 0.624. The van der Waals surface area contributed by atoms with Gasteiger partial charge >= 0.3 is 0 Å². The van der Waals surface area contributed by atoms with Crippen LogP contribution >= 0.6 is 22.6 Å². The molecule has 0 fully saturated rings. The van der Waals surface area contributed by atoms with E-state index in [1.807, 2.05) is 22.6 Å². The van der Waals surface area contributed by atoms with Crippen molar-refractivity contribution >= 4 is 34.0 Å². The zero-order valence-corrected chi connectivity index (χ0v) is 11.5. The fourth-order valence-corrected chi connectivity index (χ4v) is 1.96. The van der Waals surface area contributed by atoms with Crippen molar-refractivity contribution in [3.63, 3.8) is 0 Å². The van der Waals surface area contributed by atoms with Crippen LogP contribution in [0, 0.1) is 21.3 Å². The predicted octanol–water partition coefficient (Wildman–Crippen LogP) is 3.57. The maximum Gasteiger partial charge on any atom is 0.147 e. The van der Waals surface area contributed by atoms with Crippen molar-refractivity contribution in [1.29, 1.82) is 0 Å². The number of halogens is 3. The lowest BCUT2D eigenvalue weighted by Gasteiger charge is -2.09. The Morgan fingerprint density at radius 3 is 2.67 bits per heavy atom. The van der Waals surface area contributed by atoms with Crippen LogP contribution in [0.3, 0.4) is 0 Å². The Kier molecular flexibility index (Phi) is 4.13. The summed E-state index contributed by atoms with van der Waals surface area (Å²) in [5, 5.41) is 2.79. The molecule has 0 aliphatic carbocycles. The molecular weight excluding hydrogens is 349 g/mol. The first-order chi connectivity index (χ1) is 8.58. The molecule has 18 heavy (non-hydrogen) atoms. The minimum absolute atomic E-state index is 0.182. The Balaban J connectivity index is 2.30. The van der Waals surface area contributed by atoms with Gasteiger partial charge < -0.3 is 11.1 Å². The summed E-state index contributed by atoms with van der Waals surface area (Å²) >= 11 is 2.02. The number of nitrogens with one attached hydrogen (secondary N) is 1. The highest BCUT2D eigenvalue weighted by atomic mass is 127. The van der Waals surface area contributed by atoms with E-state index in [2.05, 4.69) is 11.4 Å². The summed E-state index contributed by atoms with van der Waals surface area (Å²) in [5.74, 6) is -0.823. The molecule has 0 amide bonds. The van der Waals surface area contributed by atoms with E-state index >= 15 is 0 Å². The van der Waals surface area contributed by atoms with E-state index in [9.17, 15) is 8.78 Å². The van der Waals surface area contributed by atoms with Gasteiger partial charge in [-0.1, -0.05) is 0 Å². The summed E-state index contributed by atoms with van der Waals surface area (Å²) in [6, 6.07) is 10.2. The van der Waals surface area contributed by atoms with Gasteiger partial charge in [-0.25, -0.2) is 8.78 Å². The molecule has 0 aliphatic rings. The van der Waals surface area contributed by atoms with E-state index in [1.165, 1.54) is 18.2 Å². The molecule has 0 saturated carbocycles. The van der Waals surface area contributed by atoms with Crippen molar-refractivity contribution < 1.29 is 8.78 Å². The molecule has 0 saturated heterocycles. The van der Waals surface area contributed by atoms with Crippen LogP contribution in [0.15, 0.2) is 30.3 Å². The first-order valence-corrected chi connectivity index (χ1v) is 6.30. The summed E-state index contributed by atoms with van der Waals surface area (Å²) in [6.07, 6.45) is 0. The van der Waals surface area contributed by atoms with Crippen LogP contribution in [0.5, 0.6) is 0 Å². The monoisotopic (exact) mass is 359 g/mol. The van der Waals surface area contributed by atoms with Crippen LogP contribution in [-0.4, -0.2) is 0 Å². The molecule has 2 nitrogen and oxygen atoms in total. The highest BCUT2D eigenvalue weighted by molar-refractivity contribution is 14.1. The molecule has 0 aromatic heterocycles. The third kappa shape index (κ3) is 3.17. The van der Waals surface area contributed by atoms with Crippen LogP contribution in [0.4, 0.5) is 20.2 Å². The van der Waals surface area contributed by atoms with Crippen LogP contribution < -0.4 is 11.1 Å². The summed E-state index contributed by atoms with van der Waals surface area (Å²) in [4.78, 5) is 0. The fraction of sp³-hybridized carbons (Fsp3) is 0.0769. The number of benzene rings is 2. The second kappa shape index (κ2) is 5.62. The number of hydrogen-bond donors (Lipinski definition) is 2. The van der Waals surface area contributed by atoms with Gasteiger partial charge in [0.05, 0.1) is 5.69 Å². The van der Waals surface area contributed by atoms with Crippen LogP contribution in [-0.2, 0) is 6.54 Å². The number of nitrogens with two attached hydrogens (primary N) is 1. The zero-order chi connectivity index (χ0) is 13.1. The van der Waals surface area contributed by atoms with Gasteiger partial charge in [-0.15, -0.1) is 0 Å². The number of rotatable bonds is 3. The molecule has 5 heteroatoms. The first-order valence-electron chi connectivity index (χ1n) is 5.22. The number of hydrogen-bond acceptors (Lipinski definition) is 2. The second-order valence-corrected chi connectivity index (χ2v) is 4.94. The lowest BCUT2D eigenvalue weighted by Crippen LogP contribution is -2.00.